The molecule has 0 amide bonds. The first-order chi connectivity index (χ1) is 12.1. The van der Waals surface area contributed by atoms with Crippen molar-refractivity contribution in [2.45, 2.75) is 13.5 Å². The second-order valence-corrected chi connectivity index (χ2v) is 5.41. The molecule has 2 heterocycles. The van der Waals surface area contributed by atoms with Crippen molar-refractivity contribution >= 4 is 23.3 Å². The number of aromatic carboxylic acids is 1. The van der Waals surface area contributed by atoms with Crippen LogP contribution in [0, 0.1) is 6.92 Å². The van der Waals surface area contributed by atoms with Crippen molar-refractivity contribution in [2.75, 3.05) is 10.6 Å². The number of carboxylic acids is 1. The Balaban J connectivity index is 1.71. The van der Waals surface area contributed by atoms with Gasteiger partial charge in [0, 0.05) is 30.7 Å². The lowest BCUT2D eigenvalue weighted by molar-refractivity contribution is 0.0697. The third kappa shape index (κ3) is 4.51. The molecule has 0 unspecified atom stereocenters. The fourth-order valence-corrected chi connectivity index (χ4v) is 2.26. The minimum Gasteiger partial charge on any atom is -0.478 e. The van der Waals surface area contributed by atoms with Gasteiger partial charge in [0.1, 0.15) is 17.5 Å². The minimum absolute atomic E-state index is 0.239. The van der Waals surface area contributed by atoms with E-state index in [1.165, 1.54) is 0 Å². The van der Waals surface area contributed by atoms with Gasteiger partial charge in [-0.1, -0.05) is 6.07 Å². The normalized spacial score (nSPS) is 10.3. The highest BCUT2D eigenvalue weighted by Gasteiger charge is 2.05. The van der Waals surface area contributed by atoms with Gasteiger partial charge >= 0.3 is 5.97 Å². The molecule has 3 rings (SSSR count). The van der Waals surface area contributed by atoms with Crippen LogP contribution in [-0.2, 0) is 6.54 Å². The fourth-order valence-electron chi connectivity index (χ4n) is 2.26. The van der Waals surface area contributed by atoms with E-state index in [2.05, 4.69) is 25.6 Å². The number of rotatable bonds is 6. The molecule has 0 radical (unpaired) electrons. The van der Waals surface area contributed by atoms with Crippen molar-refractivity contribution in [1.82, 2.24) is 15.0 Å². The number of hydrogen-bond donors (Lipinski definition) is 3. The third-order valence-corrected chi connectivity index (χ3v) is 3.44. The lowest BCUT2D eigenvalue weighted by atomic mass is 10.2. The maximum atomic E-state index is 10.9. The van der Waals surface area contributed by atoms with Gasteiger partial charge in [0.25, 0.3) is 0 Å². The molecule has 3 aromatic rings. The molecule has 3 N–H and O–H groups in total. The standard InChI is InChI=1S/C18H17N5O2/c1-12-21-16(20-11-13-3-2-8-19-10-13)9-17(22-12)23-15-6-4-14(5-7-15)18(24)25/h2-10H,11H2,1H3,(H,24,25)(H2,20,21,22,23). The monoisotopic (exact) mass is 335 g/mol. The first-order valence-corrected chi connectivity index (χ1v) is 7.69. The zero-order valence-electron chi connectivity index (χ0n) is 13.6. The van der Waals surface area contributed by atoms with Crippen LogP contribution in [0.1, 0.15) is 21.7 Å². The van der Waals surface area contributed by atoms with Crippen LogP contribution in [-0.4, -0.2) is 26.0 Å². The summed E-state index contributed by atoms with van der Waals surface area (Å²) in [5.41, 5.74) is 2.04. The van der Waals surface area contributed by atoms with Gasteiger partial charge in [-0.3, -0.25) is 4.98 Å². The van der Waals surface area contributed by atoms with Crippen LogP contribution in [0.2, 0.25) is 0 Å². The van der Waals surface area contributed by atoms with E-state index < -0.39 is 5.97 Å². The molecule has 7 heteroatoms. The topological polar surface area (TPSA) is 100 Å². The third-order valence-electron chi connectivity index (χ3n) is 3.44. The molecule has 0 atom stereocenters. The van der Waals surface area contributed by atoms with Gasteiger partial charge in [0.15, 0.2) is 0 Å². The molecule has 0 aliphatic carbocycles. The van der Waals surface area contributed by atoms with Crippen LogP contribution < -0.4 is 10.6 Å². The summed E-state index contributed by atoms with van der Waals surface area (Å²) < 4.78 is 0. The number of pyridine rings is 1. The van der Waals surface area contributed by atoms with Gasteiger partial charge in [-0.2, -0.15) is 0 Å². The molecule has 7 nitrogen and oxygen atoms in total. The molecule has 126 valence electrons. The molecule has 0 aliphatic rings. The Hall–Kier alpha value is -3.48. The predicted molar refractivity (Wildman–Crippen MR) is 95.0 cm³/mol. The Labute approximate surface area is 144 Å². The number of nitrogens with zero attached hydrogens (tertiary/aromatic N) is 3. The lowest BCUT2D eigenvalue weighted by Crippen LogP contribution is -2.05. The van der Waals surface area contributed by atoms with Gasteiger partial charge in [-0.25, -0.2) is 14.8 Å². The van der Waals surface area contributed by atoms with E-state index in [0.29, 0.717) is 24.0 Å². The zero-order valence-corrected chi connectivity index (χ0v) is 13.6. The van der Waals surface area contributed by atoms with Crippen molar-refractivity contribution in [3.05, 3.63) is 71.8 Å². The maximum absolute atomic E-state index is 10.9. The smallest absolute Gasteiger partial charge is 0.335 e. The van der Waals surface area contributed by atoms with Crippen LogP contribution >= 0.6 is 0 Å². The Morgan fingerprint density at radius 1 is 1.12 bits per heavy atom. The van der Waals surface area contributed by atoms with Crippen molar-refractivity contribution < 1.29 is 9.90 Å². The summed E-state index contributed by atoms with van der Waals surface area (Å²) in [6.45, 7) is 2.42. The van der Waals surface area contributed by atoms with E-state index in [-0.39, 0.29) is 5.56 Å². The summed E-state index contributed by atoms with van der Waals surface area (Å²) >= 11 is 0. The average molecular weight is 335 g/mol. The molecule has 2 aromatic heterocycles. The van der Waals surface area contributed by atoms with Crippen molar-refractivity contribution in [2.24, 2.45) is 0 Å². The van der Waals surface area contributed by atoms with Crippen LogP contribution in [0.5, 0.6) is 0 Å². The van der Waals surface area contributed by atoms with Crippen molar-refractivity contribution in [3.63, 3.8) is 0 Å². The first-order valence-electron chi connectivity index (χ1n) is 7.69. The summed E-state index contributed by atoms with van der Waals surface area (Å²) in [5, 5.41) is 15.3. The number of anilines is 3. The molecular formula is C18H17N5O2. The van der Waals surface area contributed by atoms with Crippen LogP contribution in [0.25, 0.3) is 0 Å². The Kier molecular flexibility index (Phi) is 4.84. The highest BCUT2D eigenvalue weighted by molar-refractivity contribution is 5.88. The summed E-state index contributed by atoms with van der Waals surface area (Å²) in [6.07, 6.45) is 3.53. The van der Waals surface area contributed by atoms with Gasteiger partial charge in [0.05, 0.1) is 5.56 Å². The van der Waals surface area contributed by atoms with E-state index in [1.54, 1.807) is 42.7 Å². The molecule has 0 spiro atoms. The second-order valence-electron chi connectivity index (χ2n) is 5.41. The van der Waals surface area contributed by atoms with Gasteiger partial charge in [-0.15, -0.1) is 0 Å². The quantitative estimate of drug-likeness (QED) is 0.636. The number of carbonyl (C=O) groups is 1. The largest absolute Gasteiger partial charge is 0.478 e. The highest BCUT2D eigenvalue weighted by atomic mass is 16.4. The van der Waals surface area contributed by atoms with Gasteiger partial charge < -0.3 is 15.7 Å². The SMILES string of the molecule is Cc1nc(NCc2cccnc2)cc(Nc2ccc(C(=O)O)cc2)n1. The molecule has 0 saturated carbocycles. The molecule has 25 heavy (non-hydrogen) atoms. The number of hydrogen-bond acceptors (Lipinski definition) is 6. The van der Waals surface area contributed by atoms with E-state index >= 15 is 0 Å². The molecule has 0 bridgehead atoms. The fraction of sp³-hybridized carbons (Fsp3) is 0.111. The van der Waals surface area contributed by atoms with Crippen LogP contribution in [0.3, 0.4) is 0 Å². The molecule has 0 saturated heterocycles. The van der Waals surface area contributed by atoms with Crippen molar-refractivity contribution in [1.29, 1.82) is 0 Å². The summed E-state index contributed by atoms with van der Waals surface area (Å²) in [5.74, 6) is 0.998. The minimum atomic E-state index is -0.952. The Morgan fingerprint density at radius 2 is 1.88 bits per heavy atom. The predicted octanol–water partition coefficient (Wildman–Crippen LogP) is 3.23. The highest BCUT2D eigenvalue weighted by Crippen LogP contribution is 2.18. The molecular weight excluding hydrogens is 318 g/mol. The summed E-state index contributed by atoms with van der Waals surface area (Å²) in [4.78, 5) is 23.7. The van der Waals surface area contributed by atoms with Crippen LogP contribution in [0.15, 0.2) is 54.9 Å². The van der Waals surface area contributed by atoms with Gasteiger partial charge in [-0.05, 0) is 42.8 Å². The Bertz CT molecular complexity index is 866. The number of aromatic nitrogens is 3. The average Bonchev–Trinajstić information content (AvgIpc) is 2.61. The number of nitrogens with one attached hydrogen (secondary N) is 2. The number of carboxylic acid groups (broad SMARTS) is 1. The molecule has 0 fully saturated rings. The summed E-state index contributed by atoms with van der Waals surface area (Å²) in [6, 6.07) is 12.1. The van der Waals surface area contributed by atoms with Crippen molar-refractivity contribution in [3.8, 4) is 0 Å². The number of aryl methyl sites for hydroxylation is 1. The number of benzene rings is 1. The second kappa shape index (κ2) is 7.39. The molecule has 0 aliphatic heterocycles. The Morgan fingerprint density at radius 3 is 2.56 bits per heavy atom. The van der Waals surface area contributed by atoms with E-state index in [1.807, 2.05) is 19.1 Å². The maximum Gasteiger partial charge on any atom is 0.335 e. The molecule has 1 aromatic carbocycles. The van der Waals surface area contributed by atoms with Gasteiger partial charge in [0.2, 0.25) is 0 Å². The van der Waals surface area contributed by atoms with E-state index in [9.17, 15) is 4.79 Å². The zero-order chi connectivity index (χ0) is 17.6. The van der Waals surface area contributed by atoms with E-state index in [0.717, 1.165) is 11.3 Å². The summed E-state index contributed by atoms with van der Waals surface area (Å²) in [7, 11) is 0. The van der Waals surface area contributed by atoms with Crippen LogP contribution in [0.4, 0.5) is 17.3 Å². The first kappa shape index (κ1) is 16.4. The lowest BCUT2D eigenvalue weighted by Gasteiger charge is -2.10. The van der Waals surface area contributed by atoms with E-state index in [4.69, 9.17) is 5.11 Å².